The second-order valence-corrected chi connectivity index (χ2v) is 7.00. The van der Waals surface area contributed by atoms with Gasteiger partial charge in [0.2, 0.25) is 11.7 Å². The minimum atomic E-state index is -0.0488. The van der Waals surface area contributed by atoms with E-state index in [-0.39, 0.29) is 11.8 Å². The molecule has 0 unspecified atom stereocenters. The number of nitrogens with zero attached hydrogens (tertiary/aromatic N) is 6. The fourth-order valence-corrected chi connectivity index (χ4v) is 3.40. The Bertz CT molecular complexity index is 1150. The van der Waals surface area contributed by atoms with Crippen LogP contribution in [0.3, 0.4) is 0 Å². The maximum absolute atomic E-state index is 12.9. The molecule has 0 saturated carbocycles. The summed E-state index contributed by atoms with van der Waals surface area (Å²) < 4.78 is 7.04. The first kappa shape index (κ1) is 17.3. The topological polar surface area (TPSA) is 89.9 Å². The highest BCUT2D eigenvalue weighted by atomic mass is 16.5. The lowest BCUT2D eigenvalue weighted by Crippen LogP contribution is -2.49. The lowest BCUT2D eigenvalue weighted by Gasteiger charge is -2.36. The molecule has 0 N–H and O–H groups in total. The van der Waals surface area contributed by atoms with Crippen molar-refractivity contribution in [1.29, 1.82) is 0 Å². The van der Waals surface area contributed by atoms with Gasteiger partial charge in [0.25, 0.3) is 5.91 Å². The average Bonchev–Trinajstić information content (AvgIpc) is 3.35. The smallest absolute Gasteiger partial charge is 0.272 e. The second-order valence-electron chi connectivity index (χ2n) is 7.00. The SMILES string of the molecule is Cn1nc(-c2ccccc2)cc1C(=O)N1CC(c2nc(-c3ccncc3)no2)C1. The largest absolute Gasteiger partial charge is 0.339 e. The lowest BCUT2D eigenvalue weighted by atomic mass is 9.99. The summed E-state index contributed by atoms with van der Waals surface area (Å²) in [4.78, 5) is 23.1. The first-order valence-electron chi connectivity index (χ1n) is 9.32. The van der Waals surface area contributed by atoms with E-state index in [4.69, 9.17) is 4.52 Å². The number of rotatable bonds is 4. The molecule has 1 saturated heterocycles. The molecular weight excluding hydrogens is 368 g/mol. The molecule has 4 aromatic rings. The fraction of sp³-hybridized carbons (Fsp3) is 0.190. The Kier molecular flexibility index (Phi) is 4.16. The average molecular weight is 386 g/mol. The van der Waals surface area contributed by atoms with Gasteiger partial charge in [-0.25, -0.2) is 0 Å². The van der Waals surface area contributed by atoms with E-state index in [1.807, 2.05) is 48.5 Å². The third-order valence-corrected chi connectivity index (χ3v) is 5.07. The summed E-state index contributed by atoms with van der Waals surface area (Å²) in [5, 5.41) is 8.52. The lowest BCUT2D eigenvalue weighted by molar-refractivity contribution is 0.0558. The maximum atomic E-state index is 12.9. The monoisotopic (exact) mass is 386 g/mol. The van der Waals surface area contributed by atoms with E-state index in [0.717, 1.165) is 16.8 Å². The molecule has 29 heavy (non-hydrogen) atoms. The molecule has 3 aromatic heterocycles. The molecule has 0 aliphatic carbocycles. The quantitative estimate of drug-likeness (QED) is 0.536. The first-order valence-corrected chi connectivity index (χ1v) is 9.32. The number of pyridine rings is 1. The Balaban J connectivity index is 1.27. The Hall–Kier alpha value is -3.81. The molecule has 8 heteroatoms. The zero-order chi connectivity index (χ0) is 19.8. The van der Waals surface area contributed by atoms with Crippen molar-refractivity contribution < 1.29 is 9.32 Å². The normalized spacial score (nSPS) is 14.0. The van der Waals surface area contributed by atoms with E-state index in [1.54, 1.807) is 29.0 Å². The van der Waals surface area contributed by atoms with Gasteiger partial charge in [-0.05, 0) is 18.2 Å². The van der Waals surface area contributed by atoms with Crippen molar-refractivity contribution in [3.63, 3.8) is 0 Å². The van der Waals surface area contributed by atoms with Crippen LogP contribution < -0.4 is 0 Å². The van der Waals surface area contributed by atoms with Gasteiger partial charge >= 0.3 is 0 Å². The van der Waals surface area contributed by atoms with Crippen LogP contribution >= 0.6 is 0 Å². The number of amides is 1. The third kappa shape index (κ3) is 3.18. The van der Waals surface area contributed by atoms with Gasteiger partial charge in [-0.3, -0.25) is 14.5 Å². The van der Waals surface area contributed by atoms with Crippen LogP contribution in [0.5, 0.6) is 0 Å². The summed E-state index contributed by atoms with van der Waals surface area (Å²) in [6, 6.07) is 15.3. The number of aryl methyl sites for hydroxylation is 1. The third-order valence-electron chi connectivity index (χ3n) is 5.07. The first-order chi connectivity index (χ1) is 14.2. The second kappa shape index (κ2) is 6.97. The van der Waals surface area contributed by atoms with E-state index in [2.05, 4.69) is 20.2 Å². The predicted octanol–water partition coefficient (Wildman–Crippen LogP) is 2.77. The Morgan fingerprint density at radius 1 is 1.07 bits per heavy atom. The summed E-state index contributed by atoms with van der Waals surface area (Å²) in [7, 11) is 1.79. The van der Waals surface area contributed by atoms with Crippen LogP contribution in [0.25, 0.3) is 22.6 Å². The number of carbonyl (C=O) groups excluding carboxylic acids is 1. The molecule has 0 spiro atoms. The van der Waals surface area contributed by atoms with E-state index >= 15 is 0 Å². The Labute approximate surface area is 166 Å². The zero-order valence-electron chi connectivity index (χ0n) is 15.8. The van der Waals surface area contributed by atoms with Crippen LogP contribution in [-0.2, 0) is 7.05 Å². The van der Waals surface area contributed by atoms with E-state index in [1.165, 1.54) is 0 Å². The van der Waals surface area contributed by atoms with Gasteiger partial charge < -0.3 is 9.42 Å². The molecule has 1 aliphatic heterocycles. The Morgan fingerprint density at radius 3 is 2.59 bits per heavy atom. The number of hydrogen-bond donors (Lipinski definition) is 0. The molecule has 1 aromatic carbocycles. The molecule has 144 valence electrons. The van der Waals surface area contributed by atoms with Crippen molar-refractivity contribution >= 4 is 5.91 Å². The number of benzene rings is 1. The summed E-state index contributed by atoms with van der Waals surface area (Å²) in [5.74, 6) is 1.08. The number of carbonyl (C=O) groups is 1. The summed E-state index contributed by atoms with van der Waals surface area (Å²) >= 11 is 0. The van der Waals surface area contributed by atoms with Gasteiger partial charge in [0.05, 0.1) is 11.6 Å². The molecular formula is C21H18N6O2. The molecule has 1 amide bonds. The minimum Gasteiger partial charge on any atom is -0.339 e. The molecule has 0 bridgehead atoms. The van der Waals surface area contributed by atoms with Gasteiger partial charge in [0.1, 0.15) is 5.69 Å². The van der Waals surface area contributed by atoms with Crippen LogP contribution in [0.1, 0.15) is 22.3 Å². The van der Waals surface area contributed by atoms with Gasteiger partial charge in [-0.1, -0.05) is 35.5 Å². The van der Waals surface area contributed by atoms with Crippen molar-refractivity contribution in [2.24, 2.45) is 7.05 Å². The van der Waals surface area contributed by atoms with E-state index in [9.17, 15) is 4.79 Å². The molecule has 5 rings (SSSR count). The van der Waals surface area contributed by atoms with Gasteiger partial charge in [-0.15, -0.1) is 0 Å². The summed E-state index contributed by atoms with van der Waals surface area (Å²) in [6.45, 7) is 1.09. The van der Waals surface area contributed by atoms with E-state index in [0.29, 0.717) is 30.5 Å². The molecule has 0 atom stereocenters. The van der Waals surface area contributed by atoms with Crippen molar-refractivity contribution in [3.8, 4) is 22.6 Å². The molecule has 1 aliphatic rings. The number of hydrogen-bond acceptors (Lipinski definition) is 6. The zero-order valence-corrected chi connectivity index (χ0v) is 15.8. The van der Waals surface area contributed by atoms with Crippen LogP contribution in [-0.4, -0.2) is 48.8 Å². The molecule has 8 nitrogen and oxygen atoms in total. The highest BCUT2D eigenvalue weighted by molar-refractivity contribution is 5.94. The van der Waals surface area contributed by atoms with Gasteiger partial charge in [0, 0.05) is 43.7 Å². The highest BCUT2D eigenvalue weighted by Gasteiger charge is 2.37. The van der Waals surface area contributed by atoms with Crippen molar-refractivity contribution in [3.05, 3.63) is 72.5 Å². The standard InChI is InChI=1S/C21H18N6O2/c1-26-18(11-17(24-26)14-5-3-2-4-6-14)21(28)27-12-16(13-27)20-23-19(25-29-20)15-7-9-22-10-8-15/h2-11,16H,12-13H2,1H3. The van der Waals surface area contributed by atoms with Crippen LogP contribution in [0, 0.1) is 0 Å². The van der Waals surface area contributed by atoms with Crippen LogP contribution in [0.2, 0.25) is 0 Å². The highest BCUT2D eigenvalue weighted by Crippen LogP contribution is 2.29. The van der Waals surface area contributed by atoms with Crippen molar-refractivity contribution in [1.82, 2.24) is 29.8 Å². The molecule has 4 heterocycles. The van der Waals surface area contributed by atoms with Crippen molar-refractivity contribution in [2.75, 3.05) is 13.1 Å². The van der Waals surface area contributed by atoms with E-state index < -0.39 is 0 Å². The predicted molar refractivity (Wildman–Crippen MR) is 105 cm³/mol. The fourth-order valence-electron chi connectivity index (χ4n) is 3.40. The van der Waals surface area contributed by atoms with Crippen molar-refractivity contribution in [2.45, 2.75) is 5.92 Å². The summed E-state index contributed by atoms with van der Waals surface area (Å²) in [5.41, 5.74) is 3.18. The molecule has 1 fully saturated rings. The minimum absolute atomic E-state index is 0.0452. The van der Waals surface area contributed by atoms with Gasteiger partial charge in [0.15, 0.2) is 0 Å². The Morgan fingerprint density at radius 2 is 1.83 bits per heavy atom. The van der Waals surface area contributed by atoms with Crippen LogP contribution in [0.15, 0.2) is 65.4 Å². The van der Waals surface area contributed by atoms with Crippen LogP contribution in [0.4, 0.5) is 0 Å². The maximum Gasteiger partial charge on any atom is 0.272 e. The molecule has 0 radical (unpaired) electrons. The summed E-state index contributed by atoms with van der Waals surface area (Å²) in [6.07, 6.45) is 3.37. The number of likely N-dealkylation sites (tertiary alicyclic amines) is 1. The number of aromatic nitrogens is 5. The van der Waals surface area contributed by atoms with Gasteiger partial charge in [-0.2, -0.15) is 10.1 Å².